The number of hydrogen-bond donors (Lipinski definition) is 1. The lowest BCUT2D eigenvalue weighted by Crippen LogP contribution is -2.49. The highest BCUT2D eigenvalue weighted by atomic mass is 35.5. The molecule has 1 aromatic rings. The van der Waals surface area contributed by atoms with E-state index in [4.69, 9.17) is 23.2 Å². The van der Waals surface area contributed by atoms with Crippen molar-refractivity contribution in [2.75, 3.05) is 19.6 Å². The van der Waals surface area contributed by atoms with Crippen LogP contribution in [-0.2, 0) is 0 Å². The molecule has 0 radical (unpaired) electrons. The Labute approximate surface area is 138 Å². The average molecular weight is 329 g/mol. The van der Waals surface area contributed by atoms with Crippen LogP contribution in [0.15, 0.2) is 18.2 Å². The van der Waals surface area contributed by atoms with Crippen molar-refractivity contribution < 1.29 is 0 Å². The monoisotopic (exact) mass is 328 g/mol. The van der Waals surface area contributed by atoms with E-state index < -0.39 is 0 Å². The molecule has 1 saturated heterocycles. The largest absolute Gasteiger partial charge is 0.314 e. The molecule has 118 valence electrons. The van der Waals surface area contributed by atoms with Crippen molar-refractivity contribution in [3.05, 3.63) is 33.8 Å². The van der Waals surface area contributed by atoms with Crippen LogP contribution in [0.4, 0.5) is 0 Å². The third-order valence-electron chi connectivity index (χ3n) is 4.55. The summed E-state index contributed by atoms with van der Waals surface area (Å²) in [6.07, 6.45) is 2.40. The molecule has 1 aliphatic heterocycles. The number of hydrogen-bond acceptors (Lipinski definition) is 2. The first kappa shape index (κ1) is 17.1. The van der Waals surface area contributed by atoms with Gasteiger partial charge in [0.25, 0.3) is 0 Å². The lowest BCUT2D eigenvalue weighted by Gasteiger charge is -2.40. The summed E-state index contributed by atoms with van der Waals surface area (Å²) < 4.78 is 0. The molecule has 0 saturated carbocycles. The standard InChI is InChI=1S/C17H26Cl2N2/c1-4-8-20-17-7-9-21(11-12(17)2)13(3)15-6-5-14(18)10-16(15)19/h5-6,10,12-13,17,20H,4,7-9,11H2,1-3H3. The summed E-state index contributed by atoms with van der Waals surface area (Å²) in [5.74, 6) is 0.666. The van der Waals surface area contributed by atoms with Gasteiger partial charge >= 0.3 is 0 Å². The lowest BCUT2D eigenvalue weighted by molar-refractivity contribution is 0.111. The van der Waals surface area contributed by atoms with Gasteiger partial charge in [0.1, 0.15) is 0 Å². The predicted octanol–water partition coefficient (Wildman–Crippen LogP) is 4.76. The maximum absolute atomic E-state index is 6.35. The minimum absolute atomic E-state index is 0.337. The number of nitrogens with zero attached hydrogens (tertiary/aromatic N) is 1. The van der Waals surface area contributed by atoms with E-state index in [0.29, 0.717) is 23.0 Å². The van der Waals surface area contributed by atoms with Crippen LogP contribution in [0.25, 0.3) is 0 Å². The van der Waals surface area contributed by atoms with Crippen LogP contribution in [0.2, 0.25) is 10.0 Å². The maximum atomic E-state index is 6.35. The van der Waals surface area contributed by atoms with E-state index in [9.17, 15) is 0 Å². The van der Waals surface area contributed by atoms with Gasteiger partial charge in [-0.2, -0.15) is 0 Å². The first-order valence-electron chi connectivity index (χ1n) is 7.95. The van der Waals surface area contributed by atoms with Gasteiger partial charge in [0, 0.05) is 35.2 Å². The molecule has 3 unspecified atom stereocenters. The summed E-state index contributed by atoms with van der Waals surface area (Å²) in [4.78, 5) is 2.53. The van der Waals surface area contributed by atoms with Gasteiger partial charge < -0.3 is 5.32 Å². The second kappa shape index (κ2) is 7.82. The van der Waals surface area contributed by atoms with Crippen LogP contribution >= 0.6 is 23.2 Å². The lowest BCUT2D eigenvalue weighted by atomic mass is 9.91. The SMILES string of the molecule is CCCNC1CCN(C(C)c2ccc(Cl)cc2Cl)CC1C. The fourth-order valence-electron chi connectivity index (χ4n) is 3.20. The molecule has 3 atom stereocenters. The zero-order valence-corrected chi connectivity index (χ0v) is 14.7. The van der Waals surface area contributed by atoms with Gasteiger partial charge in [0.15, 0.2) is 0 Å². The molecule has 0 aliphatic carbocycles. The van der Waals surface area contributed by atoms with Gasteiger partial charge in [0.05, 0.1) is 0 Å². The maximum Gasteiger partial charge on any atom is 0.0468 e. The zero-order chi connectivity index (χ0) is 15.4. The van der Waals surface area contributed by atoms with Crippen molar-refractivity contribution in [2.24, 2.45) is 5.92 Å². The number of piperidine rings is 1. The third-order valence-corrected chi connectivity index (χ3v) is 5.12. The van der Waals surface area contributed by atoms with Gasteiger partial charge in [-0.1, -0.05) is 43.1 Å². The van der Waals surface area contributed by atoms with E-state index in [0.717, 1.165) is 24.7 Å². The van der Waals surface area contributed by atoms with E-state index in [2.05, 4.69) is 37.1 Å². The highest BCUT2D eigenvalue weighted by Crippen LogP contribution is 2.32. The molecule has 1 aromatic carbocycles. The Kier molecular flexibility index (Phi) is 6.36. The quantitative estimate of drug-likeness (QED) is 0.837. The normalized spacial score (nSPS) is 25.0. The summed E-state index contributed by atoms with van der Waals surface area (Å²) in [5, 5.41) is 5.14. The van der Waals surface area contributed by atoms with Gasteiger partial charge in [0.2, 0.25) is 0 Å². The summed E-state index contributed by atoms with van der Waals surface area (Å²) in [6.45, 7) is 10.1. The van der Waals surface area contributed by atoms with Crippen molar-refractivity contribution in [1.29, 1.82) is 0 Å². The van der Waals surface area contributed by atoms with Crippen molar-refractivity contribution in [1.82, 2.24) is 10.2 Å². The Morgan fingerprint density at radius 1 is 1.38 bits per heavy atom. The topological polar surface area (TPSA) is 15.3 Å². The van der Waals surface area contributed by atoms with Gasteiger partial charge in [-0.25, -0.2) is 0 Å². The minimum atomic E-state index is 0.337. The Bertz CT molecular complexity index is 464. The molecule has 0 aromatic heterocycles. The molecule has 0 amide bonds. The predicted molar refractivity (Wildman–Crippen MR) is 92.3 cm³/mol. The smallest absolute Gasteiger partial charge is 0.0468 e. The molecule has 0 spiro atoms. The van der Waals surface area contributed by atoms with Crippen molar-refractivity contribution >= 4 is 23.2 Å². The van der Waals surface area contributed by atoms with Crippen LogP contribution in [-0.4, -0.2) is 30.6 Å². The number of likely N-dealkylation sites (tertiary alicyclic amines) is 1. The Morgan fingerprint density at radius 3 is 2.76 bits per heavy atom. The van der Waals surface area contributed by atoms with Crippen LogP contribution in [0.5, 0.6) is 0 Å². The van der Waals surface area contributed by atoms with E-state index in [1.54, 1.807) is 0 Å². The Morgan fingerprint density at radius 2 is 2.14 bits per heavy atom. The van der Waals surface area contributed by atoms with Crippen LogP contribution in [0.1, 0.15) is 45.2 Å². The van der Waals surface area contributed by atoms with Gasteiger partial charge in [-0.05, 0) is 49.9 Å². The minimum Gasteiger partial charge on any atom is -0.314 e. The summed E-state index contributed by atoms with van der Waals surface area (Å²) in [6, 6.07) is 6.81. The van der Waals surface area contributed by atoms with Crippen molar-refractivity contribution in [3.63, 3.8) is 0 Å². The summed E-state index contributed by atoms with van der Waals surface area (Å²) >= 11 is 12.3. The van der Waals surface area contributed by atoms with E-state index in [-0.39, 0.29) is 0 Å². The second-order valence-electron chi connectivity index (χ2n) is 6.16. The van der Waals surface area contributed by atoms with Gasteiger partial charge in [-0.3, -0.25) is 4.90 Å². The second-order valence-corrected chi connectivity index (χ2v) is 7.01. The van der Waals surface area contributed by atoms with E-state index in [1.807, 2.05) is 12.1 Å². The Balaban J connectivity index is 2.00. The molecular weight excluding hydrogens is 303 g/mol. The molecule has 1 fully saturated rings. The summed E-state index contributed by atoms with van der Waals surface area (Å²) in [7, 11) is 0. The zero-order valence-electron chi connectivity index (χ0n) is 13.2. The number of rotatable bonds is 5. The molecule has 0 bridgehead atoms. The summed E-state index contributed by atoms with van der Waals surface area (Å²) in [5.41, 5.74) is 1.17. The highest BCUT2D eigenvalue weighted by Gasteiger charge is 2.29. The van der Waals surface area contributed by atoms with Crippen LogP contribution in [0.3, 0.4) is 0 Å². The van der Waals surface area contributed by atoms with E-state index in [1.165, 1.54) is 18.4 Å². The molecule has 21 heavy (non-hydrogen) atoms. The number of halogens is 2. The van der Waals surface area contributed by atoms with Crippen molar-refractivity contribution in [3.8, 4) is 0 Å². The van der Waals surface area contributed by atoms with Crippen molar-refractivity contribution in [2.45, 2.75) is 45.7 Å². The number of nitrogens with one attached hydrogen (secondary N) is 1. The fraction of sp³-hybridized carbons (Fsp3) is 0.647. The number of benzene rings is 1. The van der Waals surface area contributed by atoms with Gasteiger partial charge in [-0.15, -0.1) is 0 Å². The molecule has 4 heteroatoms. The molecular formula is C17H26Cl2N2. The fourth-order valence-corrected chi connectivity index (χ4v) is 3.77. The molecule has 1 heterocycles. The first-order valence-corrected chi connectivity index (χ1v) is 8.71. The molecule has 2 rings (SSSR count). The highest BCUT2D eigenvalue weighted by molar-refractivity contribution is 6.35. The van der Waals surface area contributed by atoms with Crippen LogP contribution < -0.4 is 5.32 Å². The van der Waals surface area contributed by atoms with Crippen LogP contribution in [0, 0.1) is 5.92 Å². The molecule has 1 aliphatic rings. The molecule has 2 nitrogen and oxygen atoms in total. The molecule has 1 N–H and O–H groups in total. The van der Waals surface area contributed by atoms with E-state index >= 15 is 0 Å². The third kappa shape index (κ3) is 4.35. The first-order chi connectivity index (χ1) is 10.0. The average Bonchev–Trinajstić information content (AvgIpc) is 2.45. The Hall–Kier alpha value is -0.280.